The van der Waals surface area contributed by atoms with Gasteiger partial charge in [-0.05, 0) is 17.7 Å². The van der Waals surface area contributed by atoms with Crippen LogP contribution < -0.4 is 19.9 Å². The van der Waals surface area contributed by atoms with Crippen LogP contribution >= 0.6 is 12.4 Å². The van der Waals surface area contributed by atoms with Crippen LogP contribution in [0.3, 0.4) is 0 Å². The smallest absolute Gasteiger partial charge is 0.231 e. The molecule has 0 aromatic heterocycles. The van der Waals surface area contributed by atoms with Gasteiger partial charge in [0.1, 0.15) is 0 Å². The normalized spacial score (nSPS) is 14.2. The zero-order chi connectivity index (χ0) is 10.8. The number of aliphatic hydroxyl groups is 1. The van der Waals surface area contributed by atoms with Crippen molar-refractivity contribution < 1.29 is 19.3 Å². The molecular formula is C10H14ClNO4. The van der Waals surface area contributed by atoms with Gasteiger partial charge >= 0.3 is 0 Å². The number of nitrogens with two attached hydrogens (primary N) is 1. The molecule has 0 saturated carbocycles. The Morgan fingerprint density at radius 2 is 2.25 bits per heavy atom. The minimum Gasteiger partial charge on any atom is -0.493 e. The SMILES string of the molecule is COc1cc([C@@H](N)CO)cc2c1OCO2.Cl. The van der Waals surface area contributed by atoms with E-state index in [1.165, 1.54) is 0 Å². The summed E-state index contributed by atoms with van der Waals surface area (Å²) in [7, 11) is 1.55. The van der Waals surface area contributed by atoms with Crippen molar-refractivity contribution in [1.82, 2.24) is 0 Å². The molecule has 1 heterocycles. The second kappa shape index (κ2) is 5.25. The maximum absolute atomic E-state index is 8.96. The monoisotopic (exact) mass is 247 g/mol. The van der Waals surface area contributed by atoms with Crippen LogP contribution in [0.1, 0.15) is 11.6 Å². The zero-order valence-corrected chi connectivity index (χ0v) is 9.62. The van der Waals surface area contributed by atoms with Crippen LogP contribution in [0.2, 0.25) is 0 Å². The minimum absolute atomic E-state index is 0. The second-order valence-corrected chi connectivity index (χ2v) is 3.25. The lowest BCUT2D eigenvalue weighted by molar-refractivity contribution is 0.171. The van der Waals surface area contributed by atoms with E-state index >= 15 is 0 Å². The first-order chi connectivity index (χ1) is 7.26. The molecule has 90 valence electrons. The average molecular weight is 248 g/mol. The number of halogens is 1. The van der Waals surface area contributed by atoms with Crippen molar-refractivity contribution in [3.8, 4) is 17.2 Å². The Balaban J connectivity index is 0.00000128. The van der Waals surface area contributed by atoms with Crippen molar-refractivity contribution in [3.05, 3.63) is 17.7 Å². The first-order valence-electron chi connectivity index (χ1n) is 4.60. The molecule has 0 bridgehead atoms. The Bertz CT molecular complexity index is 372. The fourth-order valence-corrected chi connectivity index (χ4v) is 1.47. The molecule has 6 heteroatoms. The van der Waals surface area contributed by atoms with Gasteiger partial charge in [-0.2, -0.15) is 0 Å². The lowest BCUT2D eigenvalue weighted by Crippen LogP contribution is -2.14. The van der Waals surface area contributed by atoms with Gasteiger partial charge in [0.15, 0.2) is 11.5 Å². The average Bonchev–Trinajstić information content (AvgIpc) is 2.74. The fraction of sp³-hybridized carbons (Fsp3) is 0.400. The van der Waals surface area contributed by atoms with Gasteiger partial charge in [-0.25, -0.2) is 0 Å². The molecule has 1 aliphatic heterocycles. The highest BCUT2D eigenvalue weighted by Gasteiger charge is 2.21. The first-order valence-corrected chi connectivity index (χ1v) is 4.60. The zero-order valence-electron chi connectivity index (χ0n) is 8.80. The van der Waals surface area contributed by atoms with Crippen LogP contribution in [0.4, 0.5) is 0 Å². The summed E-state index contributed by atoms with van der Waals surface area (Å²) in [6, 6.07) is 3.06. The van der Waals surface area contributed by atoms with Gasteiger partial charge in [-0.3, -0.25) is 0 Å². The molecule has 1 atom stereocenters. The van der Waals surface area contributed by atoms with Crippen LogP contribution in [0.15, 0.2) is 12.1 Å². The van der Waals surface area contributed by atoms with Gasteiger partial charge in [0, 0.05) is 0 Å². The Kier molecular flexibility index (Phi) is 4.23. The summed E-state index contributed by atoms with van der Waals surface area (Å²) >= 11 is 0. The van der Waals surface area contributed by atoms with Gasteiger partial charge in [-0.15, -0.1) is 12.4 Å². The molecule has 0 radical (unpaired) electrons. The topological polar surface area (TPSA) is 73.9 Å². The molecule has 1 aromatic rings. The third-order valence-corrected chi connectivity index (χ3v) is 2.31. The van der Waals surface area contributed by atoms with E-state index in [9.17, 15) is 0 Å². The van der Waals surface area contributed by atoms with Gasteiger partial charge in [-0.1, -0.05) is 0 Å². The van der Waals surface area contributed by atoms with Gasteiger partial charge in [0.05, 0.1) is 19.8 Å². The lowest BCUT2D eigenvalue weighted by atomic mass is 10.1. The van der Waals surface area contributed by atoms with E-state index in [2.05, 4.69) is 0 Å². The maximum atomic E-state index is 8.96. The second-order valence-electron chi connectivity index (χ2n) is 3.25. The molecular weight excluding hydrogens is 234 g/mol. The number of hydrogen-bond donors (Lipinski definition) is 2. The summed E-state index contributed by atoms with van der Waals surface area (Å²) < 4.78 is 15.6. The number of fused-ring (bicyclic) bond motifs is 1. The van der Waals surface area contributed by atoms with E-state index in [1.807, 2.05) is 0 Å². The molecule has 5 nitrogen and oxygen atoms in total. The third kappa shape index (κ3) is 2.16. The molecule has 0 saturated heterocycles. The summed E-state index contributed by atoms with van der Waals surface area (Å²) in [6.07, 6.45) is 0. The van der Waals surface area contributed by atoms with Crippen molar-refractivity contribution in [2.75, 3.05) is 20.5 Å². The largest absolute Gasteiger partial charge is 0.493 e. The number of aliphatic hydroxyl groups excluding tert-OH is 1. The summed E-state index contributed by atoms with van der Waals surface area (Å²) in [6.45, 7) is 0.0618. The van der Waals surface area contributed by atoms with E-state index in [-0.39, 0.29) is 25.8 Å². The van der Waals surface area contributed by atoms with Crippen LogP contribution in [0.5, 0.6) is 17.2 Å². The molecule has 0 aliphatic carbocycles. The highest BCUT2D eigenvalue weighted by Crippen LogP contribution is 2.42. The number of methoxy groups -OCH3 is 1. The van der Waals surface area contributed by atoms with E-state index in [1.54, 1.807) is 19.2 Å². The molecule has 0 fully saturated rings. The first kappa shape index (κ1) is 12.9. The predicted octanol–water partition coefficient (Wildman–Crippen LogP) is 0.838. The van der Waals surface area contributed by atoms with Crippen molar-refractivity contribution in [2.45, 2.75) is 6.04 Å². The van der Waals surface area contributed by atoms with E-state index < -0.39 is 6.04 Å². The molecule has 0 spiro atoms. The van der Waals surface area contributed by atoms with Crippen LogP contribution in [0, 0.1) is 0 Å². The lowest BCUT2D eigenvalue weighted by Gasteiger charge is -2.11. The van der Waals surface area contributed by atoms with Crippen LogP contribution in [-0.2, 0) is 0 Å². The Labute approximate surface area is 99.5 Å². The summed E-state index contributed by atoms with van der Waals surface area (Å²) in [4.78, 5) is 0. The van der Waals surface area contributed by atoms with Gasteiger partial charge < -0.3 is 25.1 Å². The number of ether oxygens (including phenoxy) is 3. The quantitative estimate of drug-likeness (QED) is 0.828. The van der Waals surface area contributed by atoms with Crippen LogP contribution in [-0.4, -0.2) is 25.6 Å². The Hall–Kier alpha value is -1.17. The van der Waals surface area contributed by atoms with E-state index in [4.69, 9.17) is 25.1 Å². The minimum atomic E-state index is -0.437. The highest BCUT2D eigenvalue weighted by molar-refractivity contribution is 5.85. The third-order valence-electron chi connectivity index (χ3n) is 2.31. The van der Waals surface area contributed by atoms with Crippen LogP contribution in [0.25, 0.3) is 0 Å². The summed E-state index contributed by atoms with van der Waals surface area (Å²) in [5, 5.41) is 8.96. The molecule has 0 unspecified atom stereocenters. The van der Waals surface area contributed by atoms with Gasteiger partial charge in [0.25, 0.3) is 0 Å². The molecule has 1 aromatic carbocycles. The highest BCUT2D eigenvalue weighted by atomic mass is 35.5. The summed E-state index contributed by atoms with van der Waals surface area (Å²) in [5.41, 5.74) is 6.47. The maximum Gasteiger partial charge on any atom is 0.231 e. The van der Waals surface area contributed by atoms with E-state index in [0.29, 0.717) is 17.2 Å². The van der Waals surface area contributed by atoms with Crippen molar-refractivity contribution >= 4 is 12.4 Å². The molecule has 0 amide bonds. The van der Waals surface area contributed by atoms with Crippen molar-refractivity contribution in [2.24, 2.45) is 5.73 Å². The predicted molar refractivity (Wildman–Crippen MR) is 60.4 cm³/mol. The fourth-order valence-electron chi connectivity index (χ4n) is 1.47. The standard InChI is InChI=1S/C10H13NO4.ClH/c1-13-8-2-6(7(11)4-12)3-9-10(8)15-5-14-9;/h2-3,7,12H,4-5,11H2,1H3;1H/t7-;/m0./s1. The molecule has 16 heavy (non-hydrogen) atoms. The Morgan fingerprint density at radius 1 is 1.50 bits per heavy atom. The van der Waals surface area contributed by atoms with Crippen molar-refractivity contribution in [1.29, 1.82) is 0 Å². The van der Waals surface area contributed by atoms with Crippen molar-refractivity contribution in [3.63, 3.8) is 0 Å². The number of rotatable bonds is 3. The summed E-state index contributed by atoms with van der Waals surface area (Å²) in [5.74, 6) is 1.77. The number of benzene rings is 1. The molecule has 2 rings (SSSR count). The Morgan fingerprint density at radius 3 is 2.88 bits per heavy atom. The van der Waals surface area contributed by atoms with E-state index in [0.717, 1.165) is 5.56 Å². The molecule has 3 N–H and O–H groups in total. The number of hydrogen-bond acceptors (Lipinski definition) is 5. The van der Waals surface area contributed by atoms with Gasteiger partial charge in [0.2, 0.25) is 12.5 Å². The molecule has 1 aliphatic rings.